The summed E-state index contributed by atoms with van der Waals surface area (Å²) in [5, 5.41) is 12.0. The molecule has 2 aliphatic carbocycles. The van der Waals surface area contributed by atoms with Crippen molar-refractivity contribution in [3.8, 4) is 0 Å². The van der Waals surface area contributed by atoms with Gasteiger partial charge in [-0.15, -0.1) is 5.10 Å². The molecule has 2 heterocycles. The van der Waals surface area contributed by atoms with Crippen molar-refractivity contribution in [1.29, 1.82) is 0 Å². The Morgan fingerprint density at radius 2 is 2.23 bits per heavy atom. The molecule has 0 radical (unpaired) electrons. The van der Waals surface area contributed by atoms with Crippen LogP contribution in [0.1, 0.15) is 67.0 Å². The number of rotatable bonds is 6. The summed E-state index contributed by atoms with van der Waals surface area (Å²) in [6, 6.07) is 1.56. The average Bonchev–Trinajstić information content (AvgIpc) is 3.08. The summed E-state index contributed by atoms with van der Waals surface area (Å²) in [6.45, 7) is 0. The highest BCUT2D eigenvalue weighted by atomic mass is 16.3. The zero-order valence-electron chi connectivity index (χ0n) is 15.1. The van der Waals surface area contributed by atoms with Gasteiger partial charge in [-0.1, -0.05) is 24.5 Å². The lowest BCUT2D eigenvalue weighted by Gasteiger charge is -2.29. The maximum atomic E-state index is 12.6. The first-order chi connectivity index (χ1) is 12.7. The van der Waals surface area contributed by atoms with Crippen LogP contribution in [0.25, 0.3) is 0 Å². The second-order valence-electron chi connectivity index (χ2n) is 7.44. The number of furan rings is 1. The Labute approximate surface area is 152 Å². The summed E-state index contributed by atoms with van der Waals surface area (Å²) in [7, 11) is 1.79. The van der Waals surface area contributed by atoms with Crippen LogP contribution < -0.4 is 5.32 Å². The maximum absolute atomic E-state index is 12.6. The Balaban J connectivity index is 1.58. The van der Waals surface area contributed by atoms with E-state index in [9.17, 15) is 4.79 Å². The number of carbonyl (C=O) groups is 1. The van der Waals surface area contributed by atoms with E-state index in [0.29, 0.717) is 11.5 Å². The standard InChI is InChI=1S/C19H25N5O2/c1-20-13-19(8-9-19)24-11-16(22-23-24)17(14-5-3-2-4-6-14)21-18(25)15-7-10-26-12-15/h7,10-14,17H,2-6,8-9H2,1H3,(H,21,25). The lowest BCUT2D eigenvalue weighted by atomic mass is 9.82. The lowest BCUT2D eigenvalue weighted by Crippen LogP contribution is -2.34. The molecule has 2 aromatic heterocycles. The molecule has 4 rings (SSSR count). The van der Waals surface area contributed by atoms with Crippen LogP contribution in [0.4, 0.5) is 0 Å². The Kier molecular flexibility index (Phi) is 4.61. The quantitative estimate of drug-likeness (QED) is 0.807. The highest BCUT2D eigenvalue weighted by molar-refractivity contribution is 5.94. The Morgan fingerprint density at radius 1 is 1.42 bits per heavy atom. The largest absolute Gasteiger partial charge is 0.472 e. The number of aromatic nitrogens is 3. The molecule has 0 spiro atoms. The zero-order valence-corrected chi connectivity index (χ0v) is 15.1. The summed E-state index contributed by atoms with van der Waals surface area (Å²) in [6.07, 6.45) is 14.9. The molecule has 0 saturated heterocycles. The molecule has 2 aromatic rings. The van der Waals surface area contributed by atoms with E-state index in [1.165, 1.54) is 31.8 Å². The minimum atomic E-state index is -0.125. The second kappa shape index (κ2) is 7.05. The van der Waals surface area contributed by atoms with Gasteiger partial charge in [-0.05, 0) is 37.7 Å². The monoisotopic (exact) mass is 355 g/mol. The third-order valence-electron chi connectivity index (χ3n) is 5.61. The molecule has 1 amide bonds. The molecule has 7 nitrogen and oxygen atoms in total. The number of hydrogen-bond donors (Lipinski definition) is 1. The van der Waals surface area contributed by atoms with Gasteiger partial charge in [-0.25, -0.2) is 4.68 Å². The van der Waals surface area contributed by atoms with Crippen LogP contribution in [0.15, 0.2) is 34.2 Å². The molecule has 1 atom stereocenters. The summed E-state index contributed by atoms with van der Waals surface area (Å²) in [5.74, 6) is 0.264. The molecule has 2 saturated carbocycles. The van der Waals surface area contributed by atoms with Gasteiger partial charge in [-0.2, -0.15) is 0 Å². The molecule has 0 bridgehead atoms. The van der Waals surface area contributed by atoms with Gasteiger partial charge in [0, 0.05) is 13.3 Å². The van der Waals surface area contributed by atoms with Crippen LogP contribution in [0, 0.1) is 5.92 Å². The molecule has 1 N–H and O–H groups in total. The van der Waals surface area contributed by atoms with Gasteiger partial charge in [0.15, 0.2) is 0 Å². The lowest BCUT2D eigenvalue weighted by molar-refractivity contribution is 0.0910. The average molecular weight is 355 g/mol. The summed E-state index contributed by atoms with van der Waals surface area (Å²) in [5.41, 5.74) is 1.26. The van der Waals surface area contributed by atoms with Crippen LogP contribution in [-0.2, 0) is 5.54 Å². The van der Waals surface area contributed by atoms with E-state index in [1.54, 1.807) is 13.1 Å². The molecule has 7 heteroatoms. The van der Waals surface area contributed by atoms with Gasteiger partial charge in [-0.3, -0.25) is 9.79 Å². The van der Waals surface area contributed by atoms with Crippen LogP contribution >= 0.6 is 0 Å². The van der Waals surface area contributed by atoms with Crippen molar-refractivity contribution >= 4 is 12.1 Å². The van der Waals surface area contributed by atoms with Crippen molar-refractivity contribution in [1.82, 2.24) is 20.3 Å². The third-order valence-corrected chi connectivity index (χ3v) is 5.61. The topological polar surface area (TPSA) is 85.3 Å². The predicted molar refractivity (Wildman–Crippen MR) is 97.1 cm³/mol. The van der Waals surface area contributed by atoms with Crippen molar-refractivity contribution in [3.63, 3.8) is 0 Å². The van der Waals surface area contributed by atoms with E-state index < -0.39 is 0 Å². The van der Waals surface area contributed by atoms with Gasteiger partial charge >= 0.3 is 0 Å². The van der Waals surface area contributed by atoms with Gasteiger partial charge in [0.2, 0.25) is 0 Å². The van der Waals surface area contributed by atoms with Crippen LogP contribution in [0.3, 0.4) is 0 Å². The van der Waals surface area contributed by atoms with Crippen LogP contribution in [0.2, 0.25) is 0 Å². The summed E-state index contributed by atoms with van der Waals surface area (Å²) >= 11 is 0. The van der Waals surface area contributed by atoms with Crippen molar-refractivity contribution < 1.29 is 9.21 Å². The Morgan fingerprint density at radius 3 is 2.88 bits per heavy atom. The molecule has 26 heavy (non-hydrogen) atoms. The van der Waals surface area contributed by atoms with E-state index >= 15 is 0 Å². The van der Waals surface area contributed by atoms with Crippen molar-refractivity contribution in [2.45, 2.75) is 56.5 Å². The van der Waals surface area contributed by atoms with E-state index in [4.69, 9.17) is 4.42 Å². The Bertz CT molecular complexity index is 770. The molecular formula is C19H25N5O2. The van der Waals surface area contributed by atoms with Gasteiger partial charge in [0.05, 0.1) is 29.6 Å². The highest BCUT2D eigenvalue weighted by Crippen LogP contribution is 2.42. The van der Waals surface area contributed by atoms with Crippen molar-refractivity contribution in [3.05, 3.63) is 36.0 Å². The molecule has 0 aromatic carbocycles. The molecule has 0 aliphatic heterocycles. The minimum absolute atomic E-state index is 0.119. The van der Waals surface area contributed by atoms with Crippen molar-refractivity contribution in [2.24, 2.45) is 10.9 Å². The fourth-order valence-electron chi connectivity index (χ4n) is 3.94. The highest BCUT2D eigenvalue weighted by Gasteiger charge is 2.45. The van der Waals surface area contributed by atoms with Gasteiger partial charge in [0.1, 0.15) is 12.0 Å². The molecule has 1 unspecified atom stereocenters. The maximum Gasteiger partial charge on any atom is 0.255 e. The second-order valence-corrected chi connectivity index (χ2v) is 7.44. The smallest absolute Gasteiger partial charge is 0.255 e. The number of aliphatic imine (C=N–C) groups is 1. The summed E-state index contributed by atoms with van der Waals surface area (Å²) < 4.78 is 6.96. The number of amides is 1. The van der Waals surface area contributed by atoms with E-state index in [-0.39, 0.29) is 17.5 Å². The zero-order chi connectivity index (χ0) is 18.0. The first-order valence-corrected chi connectivity index (χ1v) is 9.41. The molecular weight excluding hydrogens is 330 g/mol. The number of nitrogens with zero attached hydrogens (tertiary/aromatic N) is 4. The first kappa shape index (κ1) is 17.0. The molecule has 2 aliphatic rings. The number of nitrogens with one attached hydrogen (secondary N) is 1. The van der Waals surface area contributed by atoms with E-state index in [0.717, 1.165) is 31.4 Å². The minimum Gasteiger partial charge on any atom is -0.472 e. The number of carbonyl (C=O) groups excluding carboxylic acids is 1. The normalized spacial score (nSPS) is 21.0. The Hall–Kier alpha value is -2.44. The molecule has 138 valence electrons. The fraction of sp³-hybridized carbons (Fsp3) is 0.579. The van der Waals surface area contributed by atoms with Crippen LogP contribution in [-0.4, -0.2) is 34.2 Å². The molecule has 2 fully saturated rings. The first-order valence-electron chi connectivity index (χ1n) is 9.41. The van der Waals surface area contributed by atoms with Crippen molar-refractivity contribution in [2.75, 3.05) is 7.05 Å². The summed E-state index contributed by atoms with van der Waals surface area (Å²) in [4.78, 5) is 16.8. The predicted octanol–water partition coefficient (Wildman–Crippen LogP) is 3.11. The van der Waals surface area contributed by atoms with E-state index in [2.05, 4.69) is 20.6 Å². The van der Waals surface area contributed by atoms with Gasteiger partial charge in [0.25, 0.3) is 5.91 Å². The fourth-order valence-corrected chi connectivity index (χ4v) is 3.94. The SMILES string of the molecule is CN=CC1(n2cc(C(NC(=O)c3ccoc3)C3CCCCC3)nn2)CC1. The van der Waals surface area contributed by atoms with E-state index in [1.807, 2.05) is 17.1 Å². The third kappa shape index (κ3) is 3.30. The number of hydrogen-bond acceptors (Lipinski definition) is 5. The van der Waals surface area contributed by atoms with Gasteiger partial charge < -0.3 is 9.73 Å². The van der Waals surface area contributed by atoms with Crippen LogP contribution in [0.5, 0.6) is 0 Å².